The number of methoxy groups -OCH3 is 2. The standard InChI is InChI=1S/C7H14N2O3/c1-11-5-8-3-7(10)9(4-8)6-12-2/h3-6H2,1-2H3. The van der Waals surface area contributed by atoms with Crippen LogP contribution < -0.4 is 0 Å². The summed E-state index contributed by atoms with van der Waals surface area (Å²) < 4.78 is 9.77. The topological polar surface area (TPSA) is 42.0 Å². The lowest BCUT2D eigenvalue weighted by Gasteiger charge is -2.15. The second kappa shape index (κ2) is 4.39. The molecule has 1 saturated heterocycles. The highest BCUT2D eigenvalue weighted by molar-refractivity contribution is 5.79. The third kappa shape index (κ3) is 2.17. The molecule has 70 valence electrons. The molecule has 0 N–H and O–H groups in total. The number of hydrogen-bond donors (Lipinski definition) is 0. The van der Waals surface area contributed by atoms with E-state index >= 15 is 0 Å². The van der Waals surface area contributed by atoms with E-state index in [0.29, 0.717) is 26.7 Å². The van der Waals surface area contributed by atoms with E-state index in [1.54, 1.807) is 19.1 Å². The highest BCUT2D eigenvalue weighted by Crippen LogP contribution is 2.05. The molecule has 0 aromatic heterocycles. The summed E-state index contributed by atoms with van der Waals surface area (Å²) in [5.74, 6) is 0.0916. The minimum Gasteiger partial charge on any atom is -0.369 e. The van der Waals surface area contributed by atoms with Gasteiger partial charge in [0.15, 0.2) is 0 Å². The van der Waals surface area contributed by atoms with Gasteiger partial charge in [-0.25, -0.2) is 0 Å². The molecule has 0 aromatic carbocycles. The Balaban J connectivity index is 2.34. The molecule has 1 aliphatic rings. The van der Waals surface area contributed by atoms with Gasteiger partial charge in [0, 0.05) is 14.2 Å². The summed E-state index contributed by atoms with van der Waals surface area (Å²) in [4.78, 5) is 14.7. The van der Waals surface area contributed by atoms with Crippen molar-refractivity contribution in [3.63, 3.8) is 0 Å². The van der Waals surface area contributed by atoms with Crippen LogP contribution in [0, 0.1) is 0 Å². The van der Waals surface area contributed by atoms with E-state index in [0.717, 1.165) is 0 Å². The van der Waals surface area contributed by atoms with Crippen LogP contribution in [0.25, 0.3) is 0 Å². The molecule has 1 amide bonds. The first kappa shape index (κ1) is 9.44. The molecule has 1 rings (SSSR count). The third-order valence-corrected chi connectivity index (χ3v) is 1.68. The number of rotatable bonds is 4. The third-order valence-electron chi connectivity index (χ3n) is 1.68. The molecular weight excluding hydrogens is 160 g/mol. The fraction of sp³-hybridized carbons (Fsp3) is 0.857. The monoisotopic (exact) mass is 174 g/mol. The molecule has 1 fully saturated rings. The van der Waals surface area contributed by atoms with Gasteiger partial charge >= 0.3 is 0 Å². The van der Waals surface area contributed by atoms with Crippen molar-refractivity contribution in [1.82, 2.24) is 9.80 Å². The predicted octanol–water partition coefficient (Wildman–Crippen LogP) is -0.704. The molecule has 0 unspecified atom stereocenters. The van der Waals surface area contributed by atoms with E-state index in [4.69, 9.17) is 9.47 Å². The minimum atomic E-state index is 0.0916. The number of ether oxygens (including phenoxy) is 2. The zero-order valence-corrected chi connectivity index (χ0v) is 7.45. The van der Waals surface area contributed by atoms with Crippen LogP contribution in [0.5, 0.6) is 0 Å². The first-order chi connectivity index (χ1) is 5.77. The van der Waals surface area contributed by atoms with Crippen molar-refractivity contribution < 1.29 is 14.3 Å². The first-order valence-electron chi connectivity index (χ1n) is 3.76. The Morgan fingerprint density at radius 1 is 1.33 bits per heavy atom. The summed E-state index contributed by atoms with van der Waals surface area (Å²) in [7, 11) is 3.19. The normalized spacial score (nSPS) is 19.2. The largest absolute Gasteiger partial charge is 0.369 e. The van der Waals surface area contributed by atoms with Gasteiger partial charge < -0.3 is 14.4 Å². The van der Waals surface area contributed by atoms with E-state index in [-0.39, 0.29) is 5.91 Å². The average molecular weight is 174 g/mol. The maximum atomic E-state index is 11.2. The van der Waals surface area contributed by atoms with Crippen LogP contribution in [-0.2, 0) is 14.3 Å². The van der Waals surface area contributed by atoms with Crippen molar-refractivity contribution in [3.05, 3.63) is 0 Å². The molecule has 1 aliphatic heterocycles. The molecule has 5 heteroatoms. The molecule has 0 atom stereocenters. The van der Waals surface area contributed by atoms with Crippen molar-refractivity contribution in [1.29, 1.82) is 0 Å². The second-order valence-electron chi connectivity index (χ2n) is 2.74. The van der Waals surface area contributed by atoms with Gasteiger partial charge in [-0.2, -0.15) is 0 Å². The van der Waals surface area contributed by atoms with Crippen LogP contribution in [0.3, 0.4) is 0 Å². The lowest BCUT2D eigenvalue weighted by molar-refractivity contribution is -0.130. The van der Waals surface area contributed by atoms with Crippen LogP contribution in [0.4, 0.5) is 0 Å². The highest BCUT2D eigenvalue weighted by Gasteiger charge is 2.26. The van der Waals surface area contributed by atoms with Gasteiger partial charge in [0.2, 0.25) is 5.91 Å². The molecule has 0 aromatic rings. The first-order valence-corrected chi connectivity index (χ1v) is 3.76. The summed E-state index contributed by atoms with van der Waals surface area (Å²) in [6, 6.07) is 0. The summed E-state index contributed by atoms with van der Waals surface area (Å²) in [6.45, 7) is 1.88. The van der Waals surface area contributed by atoms with Gasteiger partial charge in [-0.05, 0) is 0 Å². The van der Waals surface area contributed by atoms with Crippen molar-refractivity contribution >= 4 is 5.91 Å². The van der Waals surface area contributed by atoms with Crippen LogP contribution in [0.2, 0.25) is 0 Å². The van der Waals surface area contributed by atoms with Crippen molar-refractivity contribution in [2.75, 3.05) is 40.9 Å². The van der Waals surface area contributed by atoms with E-state index in [1.807, 2.05) is 4.90 Å². The van der Waals surface area contributed by atoms with Crippen molar-refractivity contribution in [3.8, 4) is 0 Å². The Labute approximate surface area is 71.8 Å². The fourth-order valence-electron chi connectivity index (χ4n) is 1.20. The second-order valence-corrected chi connectivity index (χ2v) is 2.74. The maximum absolute atomic E-state index is 11.2. The summed E-state index contributed by atoms with van der Waals surface area (Å²) >= 11 is 0. The van der Waals surface area contributed by atoms with Crippen molar-refractivity contribution in [2.45, 2.75) is 0 Å². The van der Waals surface area contributed by atoms with Crippen LogP contribution in [0.1, 0.15) is 0 Å². The molecule has 0 saturated carbocycles. The van der Waals surface area contributed by atoms with Gasteiger partial charge in [-0.3, -0.25) is 9.69 Å². The molecule has 0 aliphatic carbocycles. The smallest absolute Gasteiger partial charge is 0.239 e. The number of hydrogen-bond acceptors (Lipinski definition) is 4. The van der Waals surface area contributed by atoms with Crippen LogP contribution >= 0.6 is 0 Å². The Bertz CT molecular complexity index is 163. The van der Waals surface area contributed by atoms with Crippen LogP contribution in [0.15, 0.2) is 0 Å². The Hall–Kier alpha value is -0.650. The number of carbonyl (C=O) groups is 1. The quantitative estimate of drug-likeness (QED) is 0.565. The van der Waals surface area contributed by atoms with E-state index in [1.165, 1.54) is 0 Å². The molecule has 0 radical (unpaired) electrons. The lowest BCUT2D eigenvalue weighted by Crippen LogP contribution is -2.29. The number of carbonyl (C=O) groups excluding carboxylic acids is 1. The average Bonchev–Trinajstić information content (AvgIpc) is 2.34. The zero-order chi connectivity index (χ0) is 8.97. The summed E-state index contributed by atoms with van der Waals surface area (Å²) in [6.07, 6.45) is 0. The van der Waals surface area contributed by atoms with Gasteiger partial charge in [0.1, 0.15) is 13.5 Å². The van der Waals surface area contributed by atoms with E-state index < -0.39 is 0 Å². The van der Waals surface area contributed by atoms with Gasteiger partial charge in [-0.1, -0.05) is 0 Å². The maximum Gasteiger partial charge on any atom is 0.239 e. The molecule has 5 nitrogen and oxygen atoms in total. The van der Waals surface area contributed by atoms with Gasteiger partial charge in [-0.15, -0.1) is 0 Å². The zero-order valence-electron chi connectivity index (χ0n) is 7.45. The van der Waals surface area contributed by atoms with E-state index in [9.17, 15) is 4.79 Å². The highest BCUT2D eigenvalue weighted by atomic mass is 16.5. The Morgan fingerprint density at radius 2 is 2.00 bits per heavy atom. The van der Waals surface area contributed by atoms with Gasteiger partial charge in [0.05, 0.1) is 13.2 Å². The number of amides is 1. The minimum absolute atomic E-state index is 0.0916. The Kier molecular flexibility index (Phi) is 3.46. The van der Waals surface area contributed by atoms with Crippen LogP contribution in [-0.4, -0.2) is 56.6 Å². The lowest BCUT2D eigenvalue weighted by atomic mass is 10.6. The van der Waals surface area contributed by atoms with Gasteiger partial charge in [0.25, 0.3) is 0 Å². The Morgan fingerprint density at radius 3 is 2.58 bits per heavy atom. The van der Waals surface area contributed by atoms with E-state index in [2.05, 4.69) is 0 Å². The molecular formula is C7H14N2O3. The molecule has 0 spiro atoms. The molecule has 12 heavy (non-hydrogen) atoms. The summed E-state index contributed by atoms with van der Waals surface area (Å²) in [5, 5.41) is 0. The van der Waals surface area contributed by atoms with Crippen molar-refractivity contribution in [2.24, 2.45) is 0 Å². The molecule has 0 bridgehead atoms. The molecule has 1 heterocycles. The SMILES string of the molecule is COCN1CC(=O)N(COC)C1. The fourth-order valence-corrected chi connectivity index (χ4v) is 1.20. The summed E-state index contributed by atoms with van der Waals surface area (Å²) in [5.41, 5.74) is 0. The predicted molar refractivity (Wildman–Crippen MR) is 42.2 cm³/mol. The number of nitrogens with zero attached hydrogens (tertiary/aromatic N) is 2.